The van der Waals surface area contributed by atoms with Gasteiger partial charge in [0.25, 0.3) is 0 Å². The Kier molecular flexibility index (Phi) is 3.10. The van der Waals surface area contributed by atoms with Crippen LogP contribution in [-0.4, -0.2) is 11.1 Å². The molecule has 0 aliphatic carbocycles. The highest BCUT2D eigenvalue weighted by atomic mass is 32.1. The molecular weight excluding hydrogens is 114 g/mol. The summed E-state index contributed by atoms with van der Waals surface area (Å²) < 4.78 is 0. The monoisotopic (exact) mass is 117 g/mol. The van der Waals surface area contributed by atoms with Gasteiger partial charge < -0.3 is 4.84 Å². The van der Waals surface area contributed by atoms with Crippen molar-refractivity contribution in [3.8, 4) is 0 Å². The van der Waals surface area contributed by atoms with E-state index in [1.807, 2.05) is 5.16 Å². The van der Waals surface area contributed by atoms with Gasteiger partial charge in [-0.2, -0.15) is 0 Å². The Balaban J connectivity index is 3.32. The molecule has 0 spiro atoms. The average Bonchev–Trinajstić information content (AvgIpc) is 1.61. The topological polar surface area (TPSA) is 38.7 Å². The smallest absolute Gasteiger partial charge is 0.309 e. The lowest BCUT2D eigenvalue weighted by Crippen LogP contribution is -1.88. The zero-order valence-corrected chi connectivity index (χ0v) is 4.49. The first kappa shape index (κ1) is 6.27. The molecule has 0 radical (unpaired) electrons. The van der Waals surface area contributed by atoms with Crippen LogP contribution >= 0.6 is 12.2 Å². The molecule has 0 aliphatic rings. The van der Waals surface area contributed by atoms with Gasteiger partial charge in [0.15, 0.2) is 0 Å². The van der Waals surface area contributed by atoms with E-state index >= 15 is 0 Å². The largest absolute Gasteiger partial charge is 0.332 e. The lowest BCUT2D eigenvalue weighted by molar-refractivity contribution is -0.140. The lowest BCUT2D eigenvalue weighted by Gasteiger charge is -1.79. The summed E-state index contributed by atoms with van der Waals surface area (Å²) in [5.41, 5.74) is 0. The second-order valence-electron chi connectivity index (χ2n) is 0.765. The molecule has 3 nitrogen and oxygen atoms in total. The Morgan fingerprint density at radius 2 is 2.57 bits per heavy atom. The third-order valence-corrected chi connectivity index (χ3v) is 0.286. The first-order valence-electron chi connectivity index (χ1n) is 1.52. The van der Waals surface area contributed by atoms with Crippen LogP contribution in [0.25, 0.3) is 0 Å². The molecule has 0 saturated heterocycles. The normalized spacial score (nSPS) is 6.43. The summed E-state index contributed by atoms with van der Waals surface area (Å²) in [5, 5.41) is 4.75. The predicted molar refractivity (Wildman–Crippen MR) is 26.8 cm³/mol. The molecule has 0 heterocycles. The Bertz CT molecular complexity index is 116. The molecule has 7 heavy (non-hydrogen) atoms. The van der Waals surface area contributed by atoms with E-state index in [9.17, 15) is 4.79 Å². The van der Waals surface area contributed by atoms with E-state index in [0.29, 0.717) is 0 Å². The molecule has 0 aliphatic heterocycles. The van der Waals surface area contributed by atoms with Crippen molar-refractivity contribution in [1.29, 1.82) is 0 Å². The molecular formula is C3H3NO2S. The van der Waals surface area contributed by atoms with Crippen molar-refractivity contribution in [2.24, 2.45) is 5.16 Å². The highest BCUT2D eigenvalue weighted by Gasteiger charge is 1.82. The van der Waals surface area contributed by atoms with Crippen molar-refractivity contribution in [1.82, 2.24) is 0 Å². The van der Waals surface area contributed by atoms with Crippen LogP contribution in [0.15, 0.2) is 5.16 Å². The number of nitrogens with zero attached hydrogens (tertiary/aromatic N) is 1. The average molecular weight is 117 g/mol. The molecule has 0 bridgehead atoms. The van der Waals surface area contributed by atoms with Gasteiger partial charge in [-0.25, -0.2) is 4.79 Å². The van der Waals surface area contributed by atoms with Gasteiger partial charge >= 0.3 is 5.97 Å². The van der Waals surface area contributed by atoms with Crippen LogP contribution < -0.4 is 0 Å². The fourth-order valence-electron chi connectivity index (χ4n) is 0.0829. The summed E-state index contributed by atoms with van der Waals surface area (Å²) in [7, 11) is 0. The van der Waals surface area contributed by atoms with Gasteiger partial charge in [0.05, 0.1) is 0 Å². The molecule has 0 N–H and O–H groups in total. The van der Waals surface area contributed by atoms with Crippen molar-refractivity contribution >= 4 is 23.3 Å². The Morgan fingerprint density at radius 3 is 2.71 bits per heavy atom. The molecule has 0 rings (SSSR count). The maximum Gasteiger partial charge on any atom is 0.332 e. The summed E-state index contributed by atoms with van der Waals surface area (Å²) in [6.07, 6.45) is 0. The zero-order chi connectivity index (χ0) is 5.70. The summed E-state index contributed by atoms with van der Waals surface area (Å²) in [6, 6.07) is 0. The Morgan fingerprint density at radius 1 is 2.00 bits per heavy atom. The zero-order valence-electron chi connectivity index (χ0n) is 3.67. The van der Waals surface area contributed by atoms with Gasteiger partial charge in [-0.15, -0.1) is 0 Å². The molecule has 0 atom stereocenters. The third-order valence-electron chi connectivity index (χ3n) is 0.211. The minimum absolute atomic E-state index is 0.489. The number of isothiocyanates is 1. The first-order valence-corrected chi connectivity index (χ1v) is 1.93. The van der Waals surface area contributed by atoms with Gasteiger partial charge in [-0.3, -0.25) is 0 Å². The molecule has 0 unspecified atom stereocenters. The van der Waals surface area contributed by atoms with Crippen molar-refractivity contribution in [3.63, 3.8) is 0 Å². The van der Waals surface area contributed by atoms with E-state index in [1.165, 1.54) is 6.92 Å². The molecule has 0 fully saturated rings. The van der Waals surface area contributed by atoms with Gasteiger partial charge in [-0.1, -0.05) is 0 Å². The SMILES string of the molecule is CC(=O)ON=C=S. The fraction of sp³-hybridized carbons (Fsp3) is 0.333. The van der Waals surface area contributed by atoms with E-state index in [4.69, 9.17) is 0 Å². The molecule has 0 saturated carbocycles. The second kappa shape index (κ2) is 3.46. The number of thiocarbonyl (C=S) groups is 1. The van der Waals surface area contributed by atoms with Crippen LogP contribution in [0.2, 0.25) is 0 Å². The molecule has 4 heteroatoms. The second-order valence-corrected chi connectivity index (χ2v) is 0.948. The number of carbonyl (C=O) groups is 1. The predicted octanol–water partition coefficient (Wildman–Crippen LogP) is 0.567. The number of hydrogen-bond donors (Lipinski definition) is 0. The van der Waals surface area contributed by atoms with Gasteiger partial charge in [-0.05, 0) is 17.4 Å². The standard InChI is InChI=1S/C3H3NO2S/c1-3(5)6-4-2-7/h1H3. The lowest BCUT2D eigenvalue weighted by atomic mass is 10.8. The van der Waals surface area contributed by atoms with Gasteiger partial charge in [0.1, 0.15) is 5.16 Å². The summed E-state index contributed by atoms with van der Waals surface area (Å²) >= 11 is 4.08. The van der Waals surface area contributed by atoms with E-state index in [-0.39, 0.29) is 0 Å². The van der Waals surface area contributed by atoms with Crippen molar-refractivity contribution in [2.45, 2.75) is 6.92 Å². The van der Waals surface area contributed by atoms with Crippen LogP contribution in [0.5, 0.6) is 0 Å². The van der Waals surface area contributed by atoms with Gasteiger partial charge in [0.2, 0.25) is 0 Å². The Hall–Kier alpha value is -0.730. The quantitative estimate of drug-likeness (QED) is 0.218. The number of carbonyl (C=O) groups excluding carboxylic acids is 1. The molecule has 0 amide bonds. The van der Waals surface area contributed by atoms with Crippen LogP contribution in [0.4, 0.5) is 0 Å². The van der Waals surface area contributed by atoms with Crippen LogP contribution in [0, 0.1) is 0 Å². The number of hydrogen-bond acceptors (Lipinski definition) is 4. The van der Waals surface area contributed by atoms with Crippen molar-refractivity contribution < 1.29 is 9.63 Å². The summed E-state index contributed by atoms with van der Waals surface area (Å²) in [5.74, 6) is -0.489. The van der Waals surface area contributed by atoms with Gasteiger partial charge in [0, 0.05) is 6.92 Å². The first-order chi connectivity index (χ1) is 3.27. The van der Waals surface area contributed by atoms with Crippen molar-refractivity contribution in [3.05, 3.63) is 0 Å². The maximum absolute atomic E-state index is 9.80. The van der Waals surface area contributed by atoms with E-state index in [2.05, 4.69) is 22.2 Å². The molecule has 38 valence electrons. The van der Waals surface area contributed by atoms with Crippen LogP contribution in [0.1, 0.15) is 6.92 Å². The summed E-state index contributed by atoms with van der Waals surface area (Å²) in [4.78, 5) is 13.8. The third kappa shape index (κ3) is 5.27. The van der Waals surface area contributed by atoms with E-state index in [1.54, 1.807) is 0 Å². The van der Waals surface area contributed by atoms with E-state index in [0.717, 1.165) is 0 Å². The molecule has 0 aromatic rings. The Labute approximate surface area is 46.0 Å². The highest BCUT2D eigenvalue weighted by molar-refractivity contribution is 7.78. The summed E-state index contributed by atoms with van der Waals surface area (Å²) in [6.45, 7) is 1.23. The van der Waals surface area contributed by atoms with E-state index < -0.39 is 5.97 Å². The van der Waals surface area contributed by atoms with Crippen LogP contribution in [0.3, 0.4) is 0 Å². The molecule has 0 aromatic carbocycles. The number of rotatable bonds is 1. The highest BCUT2D eigenvalue weighted by Crippen LogP contribution is 1.71. The van der Waals surface area contributed by atoms with Crippen molar-refractivity contribution in [2.75, 3.05) is 0 Å². The minimum atomic E-state index is -0.489. The fourth-order valence-corrected chi connectivity index (χ4v) is 0.120. The maximum atomic E-state index is 9.80. The van der Waals surface area contributed by atoms with Crippen LogP contribution in [-0.2, 0) is 9.63 Å². The minimum Gasteiger partial charge on any atom is -0.309 e. The molecule has 0 aromatic heterocycles.